The van der Waals surface area contributed by atoms with E-state index in [1.807, 2.05) is 0 Å². The second-order valence-corrected chi connectivity index (χ2v) is 10.3. The average molecular weight is 553 g/mol. The summed E-state index contributed by atoms with van der Waals surface area (Å²) in [4.78, 5) is 58.7. The summed E-state index contributed by atoms with van der Waals surface area (Å²) in [6, 6.07) is 6.14. The topological polar surface area (TPSA) is 112 Å². The minimum Gasteiger partial charge on any atom is -0.481 e. The van der Waals surface area contributed by atoms with Crippen molar-refractivity contribution in [2.24, 2.45) is 0 Å². The Bertz CT molecular complexity index is 968. The Hall–Kier alpha value is -3.55. The van der Waals surface area contributed by atoms with Gasteiger partial charge in [-0.3, -0.25) is 24.0 Å². The normalized spacial score (nSPS) is 14.3. The number of rotatable bonds is 18. The smallest absolute Gasteiger partial charge is 0.303 e. The zero-order chi connectivity index (χ0) is 29.2. The van der Waals surface area contributed by atoms with Crippen molar-refractivity contribution in [3.05, 3.63) is 48.6 Å². The number of hydrogen-bond donors (Lipinski definition) is 1. The van der Waals surface area contributed by atoms with E-state index in [1.54, 1.807) is 18.2 Å². The Morgan fingerprint density at radius 3 is 1.23 bits per heavy atom. The van der Waals surface area contributed by atoms with Gasteiger partial charge in [-0.25, -0.2) is 9.80 Å². The van der Waals surface area contributed by atoms with Crippen LogP contribution in [0.25, 0.3) is 0 Å². The summed E-state index contributed by atoms with van der Waals surface area (Å²) in [5.41, 5.74) is 0.630. The molecule has 8 heteroatoms. The van der Waals surface area contributed by atoms with Crippen LogP contribution in [0.3, 0.4) is 0 Å². The summed E-state index contributed by atoms with van der Waals surface area (Å²) in [6.07, 6.45) is 24.9. The van der Waals surface area contributed by atoms with Crippen molar-refractivity contribution < 1.29 is 29.1 Å². The quantitative estimate of drug-likeness (QED) is 0.157. The van der Waals surface area contributed by atoms with E-state index in [0.29, 0.717) is 17.8 Å². The van der Waals surface area contributed by atoms with Gasteiger partial charge in [-0.05, 0) is 24.6 Å². The second-order valence-electron chi connectivity index (χ2n) is 10.3. The minimum atomic E-state index is -0.653. The molecule has 1 aromatic rings. The monoisotopic (exact) mass is 552 g/mol. The molecule has 1 aromatic carbocycles. The predicted molar refractivity (Wildman–Crippen MR) is 157 cm³/mol. The molecule has 0 saturated carbocycles. The maximum atomic E-state index is 11.6. The molecule has 0 aliphatic carbocycles. The molecular formula is C32H44N2O6. The summed E-state index contributed by atoms with van der Waals surface area (Å²) < 4.78 is 0. The number of carboxylic acid groups (broad SMARTS) is 1. The van der Waals surface area contributed by atoms with Crippen molar-refractivity contribution >= 4 is 41.0 Å². The number of imide groups is 2. The number of unbranched alkanes of at least 4 members (excludes halogenated alkanes) is 14. The summed E-state index contributed by atoms with van der Waals surface area (Å²) in [5.74, 6) is -2.47. The van der Waals surface area contributed by atoms with Gasteiger partial charge >= 0.3 is 5.97 Å². The van der Waals surface area contributed by atoms with Crippen LogP contribution in [0.15, 0.2) is 48.6 Å². The van der Waals surface area contributed by atoms with E-state index in [-0.39, 0.29) is 0 Å². The first kappa shape index (κ1) is 32.7. The number of carboxylic acids is 1. The van der Waals surface area contributed by atoms with E-state index < -0.39 is 29.6 Å². The van der Waals surface area contributed by atoms with Crippen molar-refractivity contribution in [1.82, 2.24) is 0 Å². The molecule has 0 spiro atoms. The number of benzene rings is 1. The third kappa shape index (κ3) is 11.7. The third-order valence-electron chi connectivity index (χ3n) is 6.96. The molecule has 2 aliphatic rings. The van der Waals surface area contributed by atoms with E-state index in [0.717, 1.165) is 22.6 Å². The largest absolute Gasteiger partial charge is 0.481 e. The van der Waals surface area contributed by atoms with Crippen molar-refractivity contribution in [2.75, 3.05) is 9.80 Å². The zero-order valence-corrected chi connectivity index (χ0v) is 23.8. The highest BCUT2D eigenvalue weighted by Gasteiger charge is 2.28. The van der Waals surface area contributed by atoms with E-state index in [1.165, 1.54) is 114 Å². The molecule has 0 atom stereocenters. The Labute approximate surface area is 238 Å². The molecule has 0 bridgehead atoms. The number of amides is 4. The van der Waals surface area contributed by atoms with Crippen molar-refractivity contribution in [2.45, 2.75) is 110 Å². The lowest BCUT2D eigenvalue weighted by Crippen LogP contribution is -2.31. The molecule has 2 aliphatic heterocycles. The van der Waals surface area contributed by atoms with Gasteiger partial charge in [0.1, 0.15) is 0 Å². The van der Waals surface area contributed by atoms with E-state index in [4.69, 9.17) is 5.11 Å². The zero-order valence-electron chi connectivity index (χ0n) is 23.8. The first-order valence-corrected chi connectivity index (χ1v) is 14.8. The van der Waals surface area contributed by atoms with Gasteiger partial charge in [-0.1, -0.05) is 103 Å². The van der Waals surface area contributed by atoms with Gasteiger partial charge in [0.25, 0.3) is 23.6 Å². The first-order chi connectivity index (χ1) is 19.3. The molecule has 1 N–H and O–H groups in total. The van der Waals surface area contributed by atoms with Crippen LogP contribution in [-0.4, -0.2) is 34.7 Å². The van der Waals surface area contributed by atoms with Gasteiger partial charge in [0.2, 0.25) is 0 Å². The molecule has 0 radical (unpaired) electrons. The molecule has 40 heavy (non-hydrogen) atoms. The molecule has 8 nitrogen and oxygen atoms in total. The lowest BCUT2D eigenvalue weighted by molar-refractivity contribution is -0.137. The fourth-order valence-corrected chi connectivity index (χ4v) is 4.73. The van der Waals surface area contributed by atoms with Crippen molar-refractivity contribution in [3.63, 3.8) is 0 Å². The Morgan fingerprint density at radius 1 is 0.575 bits per heavy atom. The summed E-state index contributed by atoms with van der Waals surface area (Å²) in [7, 11) is 0. The Kier molecular flexibility index (Phi) is 15.3. The van der Waals surface area contributed by atoms with Crippen LogP contribution in [0.2, 0.25) is 0 Å². The van der Waals surface area contributed by atoms with Crippen LogP contribution in [0, 0.1) is 0 Å². The van der Waals surface area contributed by atoms with Crippen LogP contribution in [0.5, 0.6) is 0 Å². The minimum absolute atomic E-state index is 0.315. The maximum absolute atomic E-state index is 11.6. The summed E-state index contributed by atoms with van der Waals surface area (Å²) >= 11 is 0. The SMILES string of the molecule is CCCCCCCCCCCCCCCCCC(=O)O.O=C1C=CC(=O)N1c1cccc(N2C(=O)C=CC2=O)c1. The number of nitrogens with zero attached hydrogens (tertiary/aromatic N) is 2. The lowest BCUT2D eigenvalue weighted by Gasteiger charge is -2.18. The number of carbonyl (C=O) groups excluding carboxylic acids is 4. The Morgan fingerprint density at radius 2 is 0.900 bits per heavy atom. The lowest BCUT2D eigenvalue weighted by atomic mass is 10.0. The van der Waals surface area contributed by atoms with Crippen molar-refractivity contribution in [1.29, 1.82) is 0 Å². The molecule has 0 saturated heterocycles. The molecule has 2 heterocycles. The van der Waals surface area contributed by atoms with Gasteiger partial charge in [0, 0.05) is 30.7 Å². The van der Waals surface area contributed by atoms with Crippen LogP contribution < -0.4 is 9.80 Å². The second kappa shape index (κ2) is 18.7. The molecule has 218 valence electrons. The third-order valence-corrected chi connectivity index (χ3v) is 6.96. The highest BCUT2D eigenvalue weighted by atomic mass is 16.4. The van der Waals surface area contributed by atoms with E-state index >= 15 is 0 Å². The van der Waals surface area contributed by atoms with Gasteiger partial charge < -0.3 is 5.11 Å². The fraction of sp³-hybridized carbons (Fsp3) is 0.531. The fourth-order valence-electron chi connectivity index (χ4n) is 4.73. The summed E-state index contributed by atoms with van der Waals surface area (Å²) in [5, 5.41) is 8.52. The highest BCUT2D eigenvalue weighted by Crippen LogP contribution is 2.26. The molecule has 4 amide bonds. The summed E-state index contributed by atoms with van der Waals surface area (Å²) in [6.45, 7) is 2.27. The molecule has 0 fully saturated rings. The number of anilines is 2. The van der Waals surface area contributed by atoms with Crippen LogP contribution in [0.4, 0.5) is 11.4 Å². The number of aliphatic carboxylic acids is 1. The van der Waals surface area contributed by atoms with Crippen LogP contribution in [-0.2, 0) is 24.0 Å². The first-order valence-electron chi connectivity index (χ1n) is 14.8. The van der Waals surface area contributed by atoms with Crippen LogP contribution >= 0.6 is 0 Å². The maximum Gasteiger partial charge on any atom is 0.303 e. The standard InChI is InChI=1S/C18H36O2.C14H8N2O4/c1-2-3-4-5-6-7-8-9-10-11-12-13-14-15-16-17-18(19)20;17-11-4-5-12(18)15(11)9-2-1-3-10(8-9)16-13(19)6-7-14(16)20/h2-17H2,1H3,(H,19,20);1-8H. The van der Waals surface area contributed by atoms with Gasteiger partial charge in [-0.15, -0.1) is 0 Å². The predicted octanol–water partition coefficient (Wildman–Crippen LogP) is 6.88. The molecule has 0 unspecified atom stereocenters. The van der Waals surface area contributed by atoms with Gasteiger partial charge in [0.15, 0.2) is 0 Å². The highest BCUT2D eigenvalue weighted by molar-refractivity contribution is 6.30. The van der Waals surface area contributed by atoms with E-state index in [2.05, 4.69) is 6.92 Å². The van der Waals surface area contributed by atoms with Crippen LogP contribution in [0.1, 0.15) is 110 Å². The van der Waals surface area contributed by atoms with Gasteiger partial charge in [-0.2, -0.15) is 0 Å². The van der Waals surface area contributed by atoms with Gasteiger partial charge in [0.05, 0.1) is 11.4 Å². The Balaban J connectivity index is 0.000000280. The average Bonchev–Trinajstić information content (AvgIpc) is 3.45. The number of hydrogen-bond acceptors (Lipinski definition) is 5. The van der Waals surface area contributed by atoms with E-state index in [9.17, 15) is 24.0 Å². The van der Waals surface area contributed by atoms with Crippen molar-refractivity contribution in [3.8, 4) is 0 Å². The molecule has 0 aromatic heterocycles. The molecule has 3 rings (SSSR count). The number of carbonyl (C=O) groups is 5. The molecular weight excluding hydrogens is 508 g/mol.